The van der Waals surface area contributed by atoms with E-state index in [0.29, 0.717) is 39.1 Å². The van der Waals surface area contributed by atoms with Gasteiger partial charge in [0.05, 0.1) is 60.0 Å². The molecule has 4 aliphatic rings. The fourth-order valence-electron chi connectivity index (χ4n) is 13.5. The van der Waals surface area contributed by atoms with E-state index in [4.69, 9.17) is 83.7 Å². The van der Waals surface area contributed by atoms with Crippen molar-refractivity contribution in [1.82, 2.24) is 0 Å². The Balaban J connectivity index is -0.000000362. The number of benzene rings is 1. The minimum Gasteiger partial charge on any atom is -0.494 e. The molecule has 0 unspecified atom stereocenters. The third-order valence-corrected chi connectivity index (χ3v) is 18.8. The van der Waals surface area contributed by atoms with Crippen LogP contribution in [0.25, 0.3) is 94.0 Å². The highest BCUT2D eigenvalue weighted by molar-refractivity contribution is 5.82. The molecule has 0 radical (unpaired) electrons. The number of nitrogens with one attached hydrogen (secondary N) is 1. The fourth-order valence-corrected chi connectivity index (χ4v) is 13.5. The van der Waals surface area contributed by atoms with E-state index in [9.17, 15) is 19.2 Å². The lowest BCUT2D eigenvalue weighted by molar-refractivity contribution is -0.138. The Morgan fingerprint density at radius 3 is 0.888 bits per heavy atom. The average molecular weight is 1500 g/mol. The molecule has 0 heterocycles. The minimum atomic E-state index is -0.365. The zero-order chi connectivity index (χ0) is 79.1. The Hall–Kier alpha value is -10.4. The van der Waals surface area contributed by atoms with Crippen LogP contribution in [0, 0.1) is 47.0 Å². The lowest BCUT2D eigenvalue weighted by Gasteiger charge is -2.38. The zero-order valence-electron chi connectivity index (χ0n) is 62.4. The molecule has 0 spiro atoms. The third-order valence-electron chi connectivity index (χ3n) is 18.8. The van der Waals surface area contributed by atoms with Gasteiger partial charge in [-0.3, -0.25) is 0 Å². The highest BCUT2D eigenvalue weighted by atomic mass is 16.5. The number of ether oxygens (including phenoxy) is 6. The van der Waals surface area contributed by atoms with Crippen LogP contribution in [0.2, 0.25) is 0 Å². The maximum atomic E-state index is 11.0. The number of carbonyl (C=O) groups excluding carboxylic acids is 4. The first-order valence-corrected chi connectivity index (χ1v) is 37.1. The van der Waals surface area contributed by atoms with E-state index in [1.807, 2.05) is 0 Å². The summed E-state index contributed by atoms with van der Waals surface area (Å²) in [5.41, 5.74) is 72.8. The second-order valence-corrected chi connectivity index (χ2v) is 25.7. The van der Waals surface area contributed by atoms with Crippen LogP contribution in [0.15, 0.2) is 117 Å². The van der Waals surface area contributed by atoms with Crippen LogP contribution in [-0.2, 0) is 49.3 Å². The van der Waals surface area contributed by atoms with Crippen molar-refractivity contribution in [1.29, 1.82) is 5.53 Å². The van der Waals surface area contributed by atoms with Crippen LogP contribution in [-0.4, -0.2) is 69.6 Å². The lowest BCUT2D eigenvalue weighted by atomic mass is 9.68. The van der Waals surface area contributed by atoms with E-state index in [1.54, 1.807) is 4.91 Å². The Kier molecular flexibility index (Phi) is 69.4. The quantitative estimate of drug-likeness (QED) is 0.00939. The van der Waals surface area contributed by atoms with Gasteiger partial charge < -0.3 is 28.4 Å². The van der Waals surface area contributed by atoms with Gasteiger partial charge in [-0.15, -0.1) is 27.7 Å². The van der Waals surface area contributed by atoms with Crippen molar-refractivity contribution in [3.05, 3.63) is 174 Å². The van der Waals surface area contributed by atoms with Gasteiger partial charge in [0, 0.05) is 56.3 Å². The van der Waals surface area contributed by atoms with Crippen LogP contribution >= 0.6 is 0 Å². The number of nitrogens with zero attached hydrogens (tertiary/aromatic N) is 26. The molecule has 596 valence electrons. The van der Waals surface area contributed by atoms with Crippen molar-refractivity contribution in [3.63, 3.8) is 0 Å². The van der Waals surface area contributed by atoms with Crippen molar-refractivity contribution < 1.29 is 53.3 Å². The predicted molar refractivity (Wildman–Crippen MR) is 416 cm³/mol. The van der Waals surface area contributed by atoms with Gasteiger partial charge >= 0.3 is 23.9 Å². The summed E-state index contributed by atoms with van der Waals surface area (Å²) in [6.07, 6.45) is 54.0. The third kappa shape index (κ3) is 61.6. The van der Waals surface area contributed by atoms with E-state index in [-0.39, 0.29) is 29.6 Å². The number of aryl methyl sites for hydroxylation is 1. The zero-order valence-corrected chi connectivity index (χ0v) is 62.4. The van der Waals surface area contributed by atoms with Crippen molar-refractivity contribution in [2.75, 3.05) is 39.6 Å². The summed E-state index contributed by atoms with van der Waals surface area (Å²) in [7, 11) is 0. The Morgan fingerprint density at radius 1 is 0.355 bits per heavy atom. The van der Waals surface area contributed by atoms with Crippen molar-refractivity contribution >= 4 is 23.9 Å². The first-order chi connectivity index (χ1) is 52.3. The molecule has 5 rings (SSSR count). The molecule has 1 aromatic carbocycles. The standard InChI is InChI=1S/C37H56O5.C33H56O5.4N6.HN3.4H2/c1-3-36(38)41-28-9-7-5-6-8-12-30-15-21-33(22-16-30)34-23-17-31(18-24-34)13-14-32-19-25-35(26-20-32)40-27-10-11-29-42-37(39)4-2;1-3-32(34)37-26-14-10-6-5-9-13-25-36-31-23-21-30(22-24-31)29-19-17-28(18-20-29)16-12-8-7-11-15-27-38-33(35)4-2;4*1-3-5-6-4-2;1-3-2;;;;/h3-4,19-20,25-26,30-31,33-34H,1-2,5-18,21-24,27-29H2;3-4,28-31H,1-2,5-27H2;;;;;1H;4*1H. The average Bonchev–Trinajstić information content (AvgIpc) is 0.860. The first-order valence-electron chi connectivity index (χ1n) is 37.1. The molecular formula is C70H121N27O10. The number of carbonyl (C=O) groups is 4. The Labute approximate surface area is 633 Å². The highest BCUT2D eigenvalue weighted by Crippen LogP contribution is 2.44. The van der Waals surface area contributed by atoms with Crippen LogP contribution in [0.3, 0.4) is 0 Å². The number of hydrogen-bond donors (Lipinski definition) is 1. The number of unbranched alkanes of at least 4 members (excludes halogenated alkanes) is 14. The van der Waals surface area contributed by atoms with Crippen molar-refractivity contribution in [2.24, 2.45) is 83.2 Å². The van der Waals surface area contributed by atoms with Gasteiger partial charge in [-0.25, -0.2) is 19.2 Å². The van der Waals surface area contributed by atoms with Gasteiger partial charge in [-0.2, -0.15) is 19.6 Å². The molecule has 37 nitrogen and oxygen atoms in total. The van der Waals surface area contributed by atoms with Gasteiger partial charge in [-0.1, -0.05) is 189 Å². The van der Waals surface area contributed by atoms with Gasteiger partial charge in [-0.05, 0) is 185 Å². The summed E-state index contributed by atoms with van der Waals surface area (Å²) < 4.78 is 32.1. The molecule has 37 heteroatoms. The molecule has 0 atom stereocenters. The second-order valence-electron chi connectivity index (χ2n) is 25.7. The van der Waals surface area contributed by atoms with Crippen LogP contribution in [0.5, 0.6) is 5.75 Å². The molecule has 4 aliphatic carbocycles. The molecule has 0 amide bonds. The molecular weight excluding hydrogens is 1380 g/mol. The van der Waals surface area contributed by atoms with Gasteiger partial charge in [0.25, 0.3) is 20.9 Å². The minimum absolute atomic E-state index is 0. The largest absolute Gasteiger partial charge is 0.494 e. The molecule has 4 fully saturated rings. The molecule has 0 aliphatic heterocycles. The number of azide groups is 8. The molecule has 1 aromatic rings. The number of rotatable bonds is 45. The SMILES string of the molecule is C=CC(=O)OCCCCCCCC1CCC(C2CCC(CCc3ccc(OCCCCOC(=O)C=C)cc3)CC2)CC1.C=CC(=O)OCCCCCCCCOC1CCC(C2CCC(CCCCCCCOC(=O)C=C)CC2)CC1.[HH].[HH].[HH].[HH].[N-]=[N+]=N.[N-]=[N+]=NN=[N+]=[N-].[N-]=[N+]=NN=[N+]=[N-].[N-]=[N+]=NN=[N+]=[N-].[N-]=[N+]=NN=[N+]=[N-]. The molecule has 1 N–H and O–H groups in total. The van der Waals surface area contributed by atoms with Crippen molar-refractivity contribution in [2.45, 2.75) is 250 Å². The van der Waals surface area contributed by atoms with Gasteiger partial charge in [0.1, 0.15) is 5.75 Å². The normalized spacial score (nSPS) is 18.2. The molecule has 4 saturated carbocycles. The van der Waals surface area contributed by atoms with E-state index >= 15 is 0 Å². The number of esters is 4. The van der Waals surface area contributed by atoms with E-state index < -0.39 is 0 Å². The van der Waals surface area contributed by atoms with E-state index in [1.165, 1.54) is 216 Å². The summed E-state index contributed by atoms with van der Waals surface area (Å²) in [6, 6.07) is 8.61. The Bertz CT molecular complexity index is 2870. The maximum Gasteiger partial charge on any atom is 0.330 e. The monoisotopic (exact) mass is 1500 g/mol. The van der Waals surface area contributed by atoms with E-state index in [0.717, 1.165) is 112 Å². The van der Waals surface area contributed by atoms with E-state index in [2.05, 4.69) is 132 Å². The summed E-state index contributed by atoms with van der Waals surface area (Å²) in [5, 5.41) is 19.8. The van der Waals surface area contributed by atoms with Crippen LogP contribution in [0.4, 0.5) is 0 Å². The maximum absolute atomic E-state index is 11.0. The smallest absolute Gasteiger partial charge is 0.330 e. The summed E-state index contributed by atoms with van der Waals surface area (Å²) in [4.78, 5) is 62.9. The highest BCUT2D eigenvalue weighted by Gasteiger charge is 2.32. The topological polar surface area (TPSA) is 574 Å². The first kappa shape index (κ1) is 98.7. The molecule has 107 heavy (non-hydrogen) atoms. The van der Waals surface area contributed by atoms with Crippen LogP contribution < -0.4 is 4.74 Å². The summed E-state index contributed by atoms with van der Waals surface area (Å²) in [6.45, 7) is 17.2. The molecule has 0 bridgehead atoms. The van der Waals surface area contributed by atoms with Gasteiger partial charge in [0.15, 0.2) is 0 Å². The van der Waals surface area contributed by atoms with Crippen molar-refractivity contribution in [3.8, 4) is 5.75 Å². The predicted octanol–water partition coefficient (Wildman–Crippen LogP) is 25.6. The van der Waals surface area contributed by atoms with Crippen LogP contribution in [0.1, 0.15) is 249 Å². The second kappa shape index (κ2) is 75.3. The summed E-state index contributed by atoms with van der Waals surface area (Å²) in [5.74, 6) is 6.28. The number of hydrogen-bond acceptors (Lipinski definition) is 11. The molecule has 0 aromatic heterocycles. The lowest BCUT2D eigenvalue weighted by Crippen LogP contribution is -2.28. The Morgan fingerprint density at radius 2 is 0.598 bits per heavy atom. The van der Waals surface area contributed by atoms with Gasteiger partial charge in [0.2, 0.25) is 0 Å². The molecule has 0 saturated heterocycles. The summed E-state index contributed by atoms with van der Waals surface area (Å²) >= 11 is 0. The fraction of sp³-hybridized carbons (Fsp3) is 0.743.